The van der Waals surface area contributed by atoms with Gasteiger partial charge in [-0.3, -0.25) is 4.79 Å². The lowest BCUT2D eigenvalue weighted by atomic mass is 10.2. The first-order valence-corrected chi connectivity index (χ1v) is 9.99. The molecule has 0 saturated heterocycles. The van der Waals surface area contributed by atoms with Crippen LogP contribution in [0.25, 0.3) is 10.8 Å². The Morgan fingerprint density at radius 3 is 2.79 bits per heavy atom. The highest BCUT2D eigenvalue weighted by Crippen LogP contribution is 2.22. The molecule has 0 saturated carbocycles. The summed E-state index contributed by atoms with van der Waals surface area (Å²) in [6, 6.07) is 12.3. The molecule has 2 N–H and O–H groups in total. The summed E-state index contributed by atoms with van der Waals surface area (Å²) in [7, 11) is 1.63. The van der Waals surface area contributed by atoms with Crippen molar-refractivity contribution in [1.82, 2.24) is 10.2 Å². The van der Waals surface area contributed by atoms with Crippen molar-refractivity contribution in [3.05, 3.63) is 53.2 Å². The van der Waals surface area contributed by atoms with Crippen LogP contribution in [0.3, 0.4) is 0 Å². The maximum absolute atomic E-state index is 12.8. The molecular weight excluding hydrogens is 390 g/mol. The molecule has 8 nitrogen and oxygen atoms in total. The predicted molar refractivity (Wildman–Crippen MR) is 108 cm³/mol. The molecule has 2 aromatic heterocycles. The predicted octanol–water partition coefficient (Wildman–Crippen LogP) is 1.73. The van der Waals surface area contributed by atoms with Crippen LogP contribution in [-0.4, -0.2) is 42.4 Å². The molecule has 3 rings (SSSR count). The molecule has 0 fully saturated rings. The van der Waals surface area contributed by atoms with Crippen molar-refractivity contribution >= 4 is 22.9 Å². The van der Waals surface area contributed by atoms with E-state index in [9.17, 15) is 4.79 Å². The third-order valence-corrected chi connectivity index (χ3v) is 5.35. The van der Waals surface area contributed by atoms with Crippen molar-refractivity contribution in [3.8, 4) is 16.8 Å². The Balaban J connectivity index is 1.67. The van der Waals surface area contributed by atoms with Crippen LogP contribution in [0.2, 0.25) is 0 Å². The molecule has 1 amide bonds. The number of methoxy groups -OCH3 is 1. The van der Waals surface area contributed by atoms with E-state index in [0.29, 0.717) is 42.7 Å². The maximum Gasteiger partial charge on any atom is 0.282 e. The third-order valence-electron chi connectivity index (χ3n) is 4.49. The van der Waals surface area contributed by atoms with E-state index in [1.54, 1.807) is 31.4 Å². The van der Waals surface area contributed by atoms with Gasteiger partial charge in [0.1, 0.15) is 6.54 Å². The molecule has 2 heterocycles. The van der Waals surface area contributed by atoms with Gasteiger partial charge >= 0.3 is 0 Å². The number of quaternary nitrogens is 1. The number of nitriles is 1. The molecule has 29 heavy (non-hydrogen) atoms. The lowest BCUT2D eigenvalue weighted by Crippen LogP contribution is -3.15. The van der Waals surface area contributed by atoms with Gasteiger partial charge in [-0.1, -0.05) is 6.07 Å². The molecule has 0 radical (unpaired) electrons. The number of thiophene rings is 1. The Bertz CT molecular complexity index is 963. The SMILES string of the molecule is COCC[NH+](Cc1nnc(-c2cccs2)o1)[C@H](C)C(=O)Nc1ccc(C#N)cc1. The molecule has 1 unspecified atom stereocenters. The van der Waals surface area contributed by atoms with Crippen molar-refractivity contribution in [1.29, 1.82) is 5.26 Å². The van der Waals surface area contributed by atoms with Crippen molar-refractivity contribution < 1.29 is 18.8 Å². The Labute approximate surface area is 172 Å². The van der Waals surface area contributed by atoms with E-state index in [2.05, 4.69) is 21.6 Å². The first-order valence-electron chi connectivity index (χ1n) is 9.11. The summed E-state index contributed by atoms with van der Waals surface area (Å²) in [6.45, 7) is 3.36. The molecule has 0 aliphatic carbocycles. The zero-order chi connectivity index (χ0) is 20.6. The van der Waals surface area contributed by atoms with Gasteiger partial charge in [0.2, 0.25) is 0 Å². The van der Waals surface area contributed by atoms with E-state index in [1.807, 2.05) is 24.4 Å². The van der Waals surface area contributed by atoms with E-state index in [-0.39, 0.29) is 11.9 Å². The smallest absolute Gasteiger partial charge is 0.282 e. The highest BCUT2D eigenvalue weighted by molar-refractivity contribution is 7.13. The quantitative estimate of drug-likeness (QED) is 0.555. The summed E-state index contributed by atoms with van der Waals surface area (Å²) in [6.07, 6.45) is 0. The molecule has 1 aromatic carbocycles. The lowest BCUT2D eigenvalue weighted by molar-refractivity contribution is -0.929. The number of anilines is 1. The van der Waals surface area contributed by atoms with Crippen LogP contribution in [0.5, 0.6) is 0 Å². The fourth-order valence-corrected chi connectivity index (χ4v) is 3.42. The van der Waals surface area contributed by atoms with Crippen LogP contribution in [-0.2, 0) is 16.1 Å². The highest BCUT2D eigenvalue weighted by atomic mass is 32.1. The Morgan fingerprint density at radius 1 is 1.34 bits per heavy atom. The number of carbonyl (C=O) groups excluding carboxylic acids is 1. The van der Waals surface area contributed by atoms with Gasteiger partial charge in [-0.05, 0) is 42.6 Å². The zero-order valence-electron chi connectivity index (χ0n) is 16.2. The standard InChI is InChI=1S/C20H21N5O3S/c1-14(19(26)22-16-7-5-15(12-21)6-8-16)25(9-10-27-2)13-18-23-24-20(28-18)17-4-3-11-29-17/h3-8,11,14H,9-10,13H2,1-2H3,(H,22,26)/p+1/t14-/m1/s1. The zero-order valence-corrected chi connectivity index (χ0v) is 17.0. The normalized spacial score (nSPS) is 12.9. The number of amides is 1. The summed E-state index contributed by atoms with van der Waals surface area (Å²) in [4.78, 5) is 14.6. The second-order valence-corrected chi connectivity index (χ2v) is 7.40. The Morgan fingerprint density at radius 2 is 2.14 bits per heavy atom. The van der Waals surface area contributed by atoms with Crippen LogP contribution in [0.1, 0.15) is 18.4 Å². The number of nitrogens with one attached hydrogen (secondary N) is 2. The highest BCUT2D eigenvalue weighted by Gasteiger charge is 2.27. The monoisotopic (exact) mass is 412 g/mol. The number of ether oxygens (including phenoxy) is 1. The van der Waals surface area contributed by atoms with Gasteiger partial charge in [-0.2, -0.15) is 5.26 Å². The minimum atomic E-state index is -0.377. The molecule has 2 atom stereocenters. The number of rotatable bonds is 9. The van der Waals surface area contributed by atoms with Gasteiger partial charge in [-0.15, -0.1) is 21.5 Å². The van der Waals surface area contributed by atoms with Crippen molar-refractivity contribution in [2.75, 3.05) is 25.6 Å². The molecule has 3 aromatic rings. The lowest BCUT2D eigenvalue weighted by Gasteiger charge is -2.23. The van der Waals surface area contributed by atoms with Gasteiger partial charge in [0, 0.05) is 12.8 Å². The fraction of sp³-hybridized carbons (Fsp3) is 0.300. The summed E-state index contributed by atoms with van der Waals surface area (Å²) < 4.78 is 11.0. The van der Waals surface area contributed by atoms with Gasteiger partial charge in [0.25, 0.3) is 17.7 Å². The summed E-state index contributed by atoms with van der Waals surface area (Å²) >= 11 is 1.53. The fourth-order valence-electron chi connectivity index (χ4n) is 2.77. The van der Waals surface area contributed by atoms with Gasteiger partial charge in [0.15, 0.2) is 12.6 Å². The van der Waals surface area contributed by atoms with E-state index >= 15 is 0 Å². The molecule has 150 valence electrons. The number of aromatic nitrogens is 2. The number of hydrogen-bond donors (Lipinski definition) is 2. The van der Waals surface area contributed by atoms with E-state index in [1.165, 1.54) is 11.3 Å². The second kappa shape index (κ2) is 9.93. The minimum absolute atomic E-state index is 0.140. The summed E-state index contributed by atoms with van der Waals surface area (Å²) in [5.74, 6) is 0.812. The molecule has 0 aliphatic heterocycles. The minimum Gasteiger partial charge on any atom is -0.414 e. The average molecular weight is 412 g/mol. The topological polar surface area (TPSA) is 105 Å². The number of hydrogen-bond acceptors (Lipinski definition) is 7. The third kappa shape index (κ3) is 5.48. The summed E-state index contributed by atoms with van der Waals surface area (Å²) in [5.41, 5.74) is 1.19. The molecular formula is C20H22N5O3S+. The van der Waals surface area contributed by atoms with Crippen LogP contribution in [0, 0.1) is 11.3 Å². The Kier molecular flexibility index (Phi) is 7.08. The van der Waals surface area contributed by atoms with Crippen molar-refractivity contribution in [2.45, 2.75) is 19.5 Å². The number of benzene rings is 1. The largest absolute Gasteiger partial charge is 0.414 e. The Hall–Kier alpha value is -3.06. The van der Waals surface area contributed by atoms with Crippen LogP contribution in [0.4, 0.5) is 5.69 Å². The first-order chi connectivity index (χ1) is 14.1. The van der Waals surface area contributed by atoms with E-state index in [4.69, 9.17) is 14.4 Å². The molecule has 9 heteroatoms. The molecule has 0 bridgehead atoms. The van der Waals surface area contributed by atoms with Gasteiger partial charge in [-0.25, -0.2) is 0 Å². The van der Waals surface area contributed by atoms with Gasteiger partial charge in [0.05, 0.1) is 23.1 Å². The summed E-state index contributed by atoms with van der Waals surface area (Å²) in [5, 5.41) is 22.0. The van der Waals surface area contributed by atoms with Crippen molar-refractivity contribution in [2.24, 2.45) is 0 Å². The first kappa shape index (κ1) is 20.7. The second-order valence-electron chi connectivity index (χ2n) is 6.46. The average Bonchev–Trinajstić information content (AvgIpc) is 3.43. The van der Waals surface area contributed by atoms with E-state index < -0.39 is 0 Å². The maximum atomic E-state index is 12.8. The number of nitrogens with zero attached hydrogens (tertiary/aromatic N) is 3. The molecule has 0 aliphatic rings. The van der Waals surface area contributed by atoms with Crippen LogP contribution in [0.15, 0.2) is 46.2 Å². The van der Waals surface area contributed by atoms with Crippen LogP contribution >= 0.6 is 11.3 Å². The van der Waals surface area contributed by atoms with Gasteiger partial charge < -0.3 is 19.4 Å². The molecule has 0 spiro atoms. The van der Waals surface area contributed by atoms with E-state index in [0.717, 1.165) is 9.78 Å². The van der Waals surface area contributed by atoms with Crippen LogP contribution < -0.4 is 10.2 Å². The number of carbonyl (C=O) groups is 1. The van der Waals surface area contributed by atoms with Crippen molar-refractivity contribution in [3.63, 3.8) is 0 Å².